The van der Waals surface area contributed by atoms with Crippen molar-refractivity contribution in [1.29, 1.82) is 0 Å². The van der Waals surface area contributed by atoms with Crippen LogP contribution >= 0.6 is 0 Å². The lowest BCUT2D eigenvalue weighted by atomic mass is 9.55. The van der Waals surface area contributed by atoms with Gasteiger partial charge in [0.25, 0.3) is 0 Å². The molecule has 4 fully saturated rings. The fraction of sp³-hybridized carbons (Fsp3) is 0.857. The van der Waals surface area contributed by atoms with E-state index in [0.29, 0.717) is 11.8 Å². The molecule has 2 heterocycles. The molecule has 2 saturated heterocycles. The Morgan fingerprint density at radius 3 is 3.00 bits per heavy atom. The summed E-state index contributed by atoms with van der Waals surface area (Å²) >= 11 is 0. The second kappa shape index (κ2) is 6.70. The molecule has 6 atom stereocenters. The molecule has 2 aliphatic carbocycles. The van der Waals surface area contributed by atoms with Crippen molar-refractivity contribution in [2.45, 2.75) is 70.4 Å². The summed E-state index contributed by atoms with van der Waals surface area (Å²) in [6.45, 7) is 8.72. The first kappa shape index (κ1) is 17.5. The second-order valence-electron chi connectivity index (χ2n) is 9.23. The van der Waals surface area contributed by atoms with Crippen LogP contribution in [-0.2, 0) is 9.53 Å². The number of ether oxygens (including phenoxy) is 1. The van der Waals surface area contributed by atoms with Crippen LogP contribution in [0.4, 0.5) is 0 Å². The standard InChI is InChI=1S/C21H33NO3/c1-14-6-5-8-21(2)11-19-16(10-18(14)21)17(20(24)25-19)12-22-9-4-3-7-15(22)13-23/h15-19,23H,1,3-13H2,2H3/t15-,16-,17-,18+,19-,21-/m1/s1. The highest BCUT2D eigenvalue weighted by Crippen LogP contribution is 2.57. The number of hydrogen-bond acceptors (Lipinski definition) is 4. The predicted molar refractivity (Wildman–Crippen MR) is 97.0 cm³/mol. The van der Waals surface area contributed by atoms with Gasteiger partial charge in [-0.3, -0.25) is 9.69 Å². The zero-order valence-electron chi connectivity index (χ0n) is 15.6. The van der Waals surface area contributed by atoms with E-state index in [-0.39, 0.29) is 36.1 Å². The summed E-state index contributed by atoms with van der Waals surface area (Å²) in [5, 5.41) is 9.69. The number of likely N-dealkylation sites (tertiary alicyclic amines) is 1. The van der Waals surface area contributed by atoms with Crippen LogP contribution in [0.25, 0.3) is 0 Å². The van der Waals surface area contributed by atoms with E-state index in [1.54, 1.807) is 0 Å². The first-order valence-electron chi connectivity index (χ1n) is 10.2. The topological polar surface area (TPSA) is 49.8 Å². The van der Waals surface area contributed by atoms with Crippen LogP contribution in [0, 0.1) is 23.2 Å². The molecule has 2 aliphatic heterocycles. The Morgan fingerprint density at radius 1 is 1.36 bits per heavy atom. The van der Waals surface area contributed by atoms with Gasteiger partial charge in [-0.1, -0.05) is 25.5 Å². The highest BCUT2D eigenvalue weighted by molar-refractivity contribution is 5.75. The maximum Gasteiger partial charge on any atom is 0.310 e. The number of piperidine rings is 1. The average Bonchev–Trinajstić information content (AvgIpc) is 2.88. The van der Waals surface area contributed by atoms with Crippen molar-refractivity contribution in [1.82, 2.24) is 4.90 Å². The maximum atomic E-state index is 12.7. The number of nitrogens with zero attached hydrogens (tertiary/aromatic N) is 1. The molecule has 4 heteroatoms. The molecule has 1 N–H and O–H groups in total. The summed E-state index contributed by atoms with van der Waals surface area (Å²) in [7, 11) is 0. The molecule has 0 aromatic rings. The number of aliphatic hydroxyl groups excluding tert-OH is 1. The van der Waals surface area contributed by atoms with Crippen LogP contribution < -0.4 is 0 Å². The minimum Gasteiger partial charge on any atom is -0.462 e. The molecule has 0 aromatic heterocycles. The number of fused-ring (bicyclic) bond motifs is 2. The van der Waals surface area contributed by atoms with Crippen molar-refractivity contribution in [3.63, 3.8) is 0 Å². The summed E-state index contributed by atoms with van der Waals surface area (Å²) in [4.78, 5) is 15.0. The van der Waals surface area contributed by atoms with Gasteiger partial charge in [0, 0.05) is 18.5 Å². The van der Waals surface area contributed by atoms with Gasteiger partial charge in [0.05, 0.1) is 12.5 Å². The minimum atomic E-state index is -0.0172. The molecule has 0 amide bonds. The van der Waals surface area contributed by atoms with Crippen molar-refractivity contribution in [2.24, 2.45) is 23.2 Å². The number of aliphatic hydroxyl groups is 1. The molecule has 4 nitrogen and oxygen atoms in total. The zero-order valence-corrected chi connectivity index (χ0v) is 15.6. The van der Waals surface area contributed by atoms with Crippen molar-refractivity contribution >= 4 is 5.97 Å². The SMILES string of the molecule is C=C1CCC[C@]2(C)C[C@H]3OC(=O)[C@H](CN4CCCC[C@@H]4CO)[C@H]3C[C@@H]12. The largest absolute Gasteiger partial charge is 0.462 e. The van der Waals surface area contributed by atoms with Crippen molar-refractivity contribution < 1.29 is 14.6 Å². The predicted octanol–water partition coefficient (Wildman–Crippen LogP) is 3.15. The Morgan fingerprint density at radius 2 is 2.20 bits per heavy atom. The van der Waals surface area contributed by atoms with Crippen LogP contribution in [-0.4, -0.2) is 47.8 Å². The third-order valence-corrected chi connectivity index (χ3v) is 7.71. The molecular weight excluding hydrogens is 314 g/mol. The van der Waals surface area contributed by atoms with Gasteiger partial charge in [-0.05, 0) is 62.8 Å². The Bertz CT molecular complexity index is 547. The quantitative estimate of drug-likeness (QED) is 0.629. The van der Waals surface area contributed by atoms with Crippen LogP contribution in [0.5, 0.6) is 0 Å². The van der Waals surface area contributed by atoms with Crippen LogP contribution in [0.15, 0.2) is 12.2 Å². The van der Waals surface area contributed by atoms with Crippen molar-refractivity contribution in [3.8, 4) is 0 Å². The normalized spacial score (nSPS) is 45.0. The van der Waals surface area contributed by atoms with E-state index >= 15 is 0 Å². The van der Waals surface area contributed by atoms with Crippen molar-refractivity contribution in [2.75, 3.05) is 19.7 Å². The fourth-order valence-corrected chi connectivity index (χ4v) is 6.22. The molecule has 2 saturated carbocycles. The van der Waals surface area contributed by atoms with E-state index in [4.69, 9.17) is 4.74 Å². The smallest absolute Gasteiger partial charge is 0.310 e. The summed E-state index contributed by atoms with van der Waals surface area (Å²) in [6, 6.07) is 0.221. The molecule has 0 aromatic carbocycles. The number of esters is 1. The van der Waals surface area contributed by atoms with E-state index < -0.39 is 0 Å². The molecule has 0 bridgehead atoms. The average molecular weight is 347 g/mol. The molecule has 0 radical (unpaired) electrons. The van der Waals surface area contributed by atoms with E-state index in [1.807, 2.05) is 0 Å². The lowest BCUT2D eigenvalue weighted by molar-refractivity contribution is -0.146. The van der Waals surface area contributed by atoms with E-state index in [9.17, 15) is 9.90 Å². The van der Waals surface area contributed by atoms with Gasteiger partial charge in [0.2, 0.25) is 0 Å². The van der Waals surface area contributed by atoms with Gasteiger partial charge < -0.3 is 9.84 Å². The third kappa shape index (κ3) is 3.06. The zero-order chi connectivity index (χ0) is 17.6. The van der Waals surface area contributed by atoms with E-state index in [0.717, 1.165) is 38.8 Å². The summed E-state index contributed by atoms with van der Waals surface area (Å²) in [6.07, 6.45) is 9.18. The van der Waals surface area contributed by atoms with E-state index in [2.05, 4.69) is 18.4 Å². The van der Waals surface area contributed by atoms with Crippen molar-refractivity contribution in [3.05, 3.63) is 12.2 Å². The van der Waals surface area contributed by atoms with Gasteiger partial charge in [-0.25, -0.2) is 0 Å². The summed E-state index contributed by atoms with van der Waals surface area (Å²) < 4.78 is 5.88. The van der Waals surface area contributed by atoms with Gasteiger partial charge in [0.1, 0.15) is 6.10 Å². The van der Waals surface area contributed by atoms with Crippen LogP contribution in [0.2, 0.25) is 0 Å². The number of carbonyl (C=O) groups excluding carboxylic acids is 1. The molecule has 4 rings (SSSR count). The van der Waals surface area contributed by atoms with Crippen LogP contribution in [0.3, 0.4) is 0 Å². The number of allylic oxidation sites excluding steroid dienone is 1. The monoisotopic (exact) mass is 347 g/mol. The Hall–Kier alpha value is -0.870. The first-order valence-corrected chi connectivity index (χ1v) is 10.2. The van der Waals surface area contributed by atoms with Gasteiger partial charge >= 0.3 is 5.97 Å². The van der Waals surface area contributed by atoms with Gasteiger partial charge in [-0.15, -0.1) is 0 Å². The van der Waals surface area contributed by atoms with Crippen LogP contribution in [0.1, 0.15) is 58.3 Å². The molecule has 140 valence electrons. The number of rotatable bonds is 3. The Balaban J connectivity index is 1.51. The Labute approximate surface area is 151 Å². The molecule has 0 unspecified atom stereocenters. The Kier molecular flexibility index (Phi) is 4.70. The van der Waals surface area contributed by atoms with E-state index in [1.165, 1.54) is 31.3 Å². The number of carbonyl (C=O) groups is 1. The van der Waals surface area contributed by atoms with Gasteiger partial charge in [-0.2, -0.15) is 0 Å². The lowest BCUT2D eigenvalue weighted by Crippen LogP contribution is -2.48. The summed E-state index contributed by atoms with van der Waals surface area (Å²) in [5.41, 5.74) is 1.67. The molecule has 25 heavy (non-hydrogen) atoms. The third-order valence-electron chi connectivity index (χ3n) is 7.71. The fourth-order valence-electron chi connectivity index (χ4n) is 6.22. The molecule has 0 spiro atoms. The summed E-state index contributed by atoms with van der Waals surface area (Å²) in [5.74, 6) is 0.873. The molecule has 4 aliphatic rings. The highest BCUT2D eigenvalue weighted by Gasteiger charge is 2.55. The number of hydrogen-bond donors (Lipinski definition) is 1. The highest BCUT2D eigenvalue weighted by atomic mass is 16.6. The second-order valence-corrected chi connectivity index (χ2v) is 9.23. The molecular formula is C21H33NO3. The first-order chi connectivity index (χ1) is 12.0. The maximum absolute atomic E-state index is 12.7. The minimum absolute atomic E-state index is 0.00474. The van der Waals surface area contributed by atoms with Gasteiger partial charge in [0.15, 0.2) is 0 Å². The lowest BCUT2D eigenvalue weighted by Gasteiger charge is -2.50.